The van der Waals surface area contributed by atoms with E-state index in [1.54, 1.807) is 50.9 Å². The van der Waals surface area contributed by atoms with Gasteiger partial charge in [0.2, 0.25) is 0 Å². The van der Waals surface area contributed by atoms with Gasteiger partial charge in [0.05, 0.1) is 19.7 Å². The van der Waals surface area contributed by atoms with E-state index in [1.165, 1.54) is 6.07 Å². The van der Waals surface area contributed by atoms with Crippen molar-refractivity contribution in [1.82, 2.24) is 9.88 Å². The van der Waals surface area contributed by atoms with Gasteiger partial charge in [-0.25, -0.2) is 4.39 Å². The van der Waals surface area contributed by atoms with E-state index in [9.17, 15) is 0 Å². The second kappa shape index (κ2) is 10.3. The molecule has 0 spiro atoms. The molecule has 36 heavy (non-hydrogen) atoms. The van der Waals surface area contributed by atoms with Gasteiger partial charge in [-0.2, -0.15) is 0 Å². The van der Waals surface area contributed by atoms with Crippen LogP contribution in [-0.2, 0) is 6.54 Å². The van der Waals surface area contributed by atoms with E-state index in [-0.39, 0.29) is 5.75 Å². The molecular formula is C28H23ClFN3O3. The maximum atomic E-state index is 15.2. The molecule has 0 atom stereocenters. The number of aromatic nitrogens is 1. The Hall–Kier alpha value is -4.10. The van der Waals surface area contributed by atoms with Crippen LogP contribution in [0.4, 0.5) is 4.39 Å². The third kappa shape index (κ3) is 4.83. The monoisotopic (exact) mass is 503 g/mol. The van der Waals surface area contributed by atoms with Gasteiger partial charge < -0.3 is 19.1 Å². The van der Waals surface area contributed by atoms with Crippen molar-refractivity contribution >= 4 is 34.3 Å². The zero-order chi connectivity index (χ0) is 25.1. The minimum absolute atomic E-state index is 0.0994. The minimum Gasteiger partial charge on any atom is -0.493 e. The fourth-order valence-corrected chi connectivity index (χ4v) is 4.22. The number of allylic oxidation sites excluding steroid dienone is 1. The number of benzene rings is 3. The number of halogens is 2. The lowest BCUT2D eigenvalue weighted by molar-refractivity contribution is 0.355. The second-order valence-corrected chi connectivity index (χ2v) is 8.56. The zero-order valence-corrected chi connectivity index (χ0v) is 20.5. The van der Waals surface area contributed by atoms with E-state index in [1.807, 2.05) is 41.4 Å². The van der Waals surface area contributed by atoms with Gasteiger partial charge in [0.15, 0.2) is 23.1 Å². The molecule has 4 aromatic rings. The molecule has 0 aliphatic carbocycles. The van der Waals surface area contributed by atoms with Crippen molar-refractivity contribution in [1.29, 1.82) is 0 Å². The average molecular weight is 504 g/mol. The third-order valence-electron chi connectivity index (χ3n) is 5.84. The number of rotatable bonds is 7. The van der Waals surface area contributed by atoms with Crippen molar-refractivity contribution in [2.24, 2.45) is 4.99 Å². The molecule has 6 nitrogen and oxygen atoms in total. The standard InChI is InChI=1S/C28H23ClFN3O3/c1-34-27-12-21-24(13-28(27)35-2)32-10-9-25(21)36-26-8-7-18(11-23(26)30)20-14-31-17-33(16-20)15-19-5-3-4-6-22(19)29/h3-14,16H,15,17H2,1-2H3. The lowest BCUT2D eigenvalue weighted by Crippen LogP contribution is -2.21. The summed E-state index contributed by atoms with van der Waals surface area (Å²) in [6, 6.07) is 17.8. The molecule has 0 amide bonds. The molecule has 0 bridgehead atoms. The van der Waals surface area contributed by atoms with E-state index in [0.29, 0.717) is 52.0 Å². The number of nitrogens with zero attached hydrogens (tertiary/aromatic N) is 3. The molecule has 2 heterocycles. The van der Waals surface area contributed by atoms with E-state index >= 15 is 4.39 Å². The lowest BCUT2D eigenvalue weighted by atomic mass is 10.1. The highest BCUT2D eigenvalue weighted by atomic mass is 35.5. The van der Waals surface area contributed by atoms with E-state index in [2.05, 4.69) is 9.98 Å². The fraction of sp³-hybridized carbons (Fsp3) is 0.143. The maximum absolute atomic E-state index is 15.2. The number of hydrogen-bond acceptors (Lipinski definition) is 6. The summed E-state index contributed by atoms with van der Waals surface area (Å²) in [4.78, 5) is 10.8. The topological polar surface area (TPSA) is 56.2 Å². The Morgan fingerprint density at radius 3 is 2.53 bits per heavy atom. The molecule has 1 aliphatic rings. The quantitative estimate of drug-likeness (QED) is 0.280. The molecule has 3 aromatic carbocycles. The van der Waals surface area contributed by atoms with Crippen LogP contribution in [0.3, 0.4) is 0 Å². The summed E-state index contributed by atoms with van der Waals surface area (Å²) >= 11 is 6.30. The summed E-state index contributed by atoms with van der Waals surface area (Å²) in [5, 5.41) is 1.38. The van der Waals surface area contributed by atoms with E-state index < -0.39 is 5.82 Å². The molecule has 1 aromatic heterocycles. The maximum Gasteiger partial charge on any atom is 0.166 e. The molecule has 0 N–H and O–H groups in total. The fourth-order valence-electron chi connectivity index (χ4n) is 4.02. The smallest absolute Gasteiger partial charge is 0.166 e. The number of ether oxygens (including phenoxy) is 3. The molecule has 8 heteroatoms. The highest BCUT2D eigenvalue weighted by molar-refractivity contribution is 6.31. The van der Waals surface area contributed by atoms with Crippen molar-refractivity contribution in [2.45, 2.75) is 6.54 Å². The highest BCUT2D eigenvalue weighted by Crippen LogP contribution is 2.37. The predicted octanol–water partition coefficient (Wildman–Crippen LogP) is 6.72. The van der Waals surface area contributed by atoms with Crippen LogP contribution >= 0.6 is 11.6 Å². The van der Waals surface area contributed by atoms with Gasteiger partial charge in [0.25, 0.3) is 0 Å². The highest BCUT2D eigenvalue weighted by Gasteiger charge is 2.15. The SMILES string of the molecule is COc1cc2nccc(Oc3ccc(C4=CN(Cc5ccccc5Cl)CN=C4)cc3F)c2cc1OC. The third-order valence-corrected chi connectivity index (χ3v) is 6.21. The lowest BCUT2D eigenvalue weighted by Gasteiger charge is -2.23. The Morgan fingerprint density at radius 2 is 1.75 bits per heavy atom. The largest absolute Gasteiger partial charge is 0.493 e. The first-order valence-corrected chi connectivity index (χ1v) is 11.6. The first kappa shape index (κ1) is 23.6. The summed E-state index contributed by atoms with van der Waals surface area (Å²) < 4.78 is 31.9. The van der Waals surface area contributed by atoms with Crippen LogP contribution in [0.15, 0.2) is 78.1 Å². The van der Waals surface area contributed by atoms with Gasteiger partial charge >= 0.3 is 0 Å². The number of methoxy groups -OCH3 is 2. The second-order valence-electron chi connectivity index (χ2n) is 8.16. The van der Waals surface area contributed by atoms with Gasteiger partial charge in [-0.05, 0) is 41.5 Å². The zero-order valence-electron chi connectivity index (χ0n) is 19.7. The summed E-state index contributed by atoms with van der Waals surface area (Å²) in [5.74, 6) is 1.15. The molecule has 5 rings (SSSR count). The van der Waals surface area contributed by atoms with Crippen LogP contribution in [0.5, 0.6) is 23.0 Å². The minimum atomic E-state index is -0.490. The Labute approximate surface area is 213 Å². The molecular weight excluding hydrogens is 481 g/mol. The van der Waals surface area contributed by atoms with Gasteiger partial charge in [-0.15, -0.1) is 0 Å². The van der Waals surface area contributed by atoms with Crippen LogP contribution in [0.2, 0.25) is 5.02 Å². The van der Waals surface area contributed by atoms with Crippen molar-refractivity contribution in [3.05, 3.63) is 95.0 Å². The van der Waals surface area contributed by atoms with Crippen LogP contribution in [0.25, 0.3) is 16.5 Å². The van der Waals surface area contributed by atoms with Crippen molar-refractivity contribution < 1.29 is 18.6 Å². The van der Waals surface area contributed by atoms with Crippen LogP contribution in [0.1, 0.15) is 11.1 Å². The Bertz CT molecular complexity index is 1490. The van der Waals surface area contributed by atoms with E-state index in [4.69, 9.17) is 25.8 Å². The Morgan fingerprint density at radius 1 is 0.944 bits per heavy atom. The number of hydrogen-bond donors (Lipinski definition) is 0. The molecule has 0 saturated carbocycles. The van der Waals surface area contributed by atoms with Gasteiger partial charge in [0.1, 0.15) is 12.4 Å². The average Bonchev–Trinajstić information content (AvgIpc) is 2.90. The molecule has 0 saturated heterocycles. The summed E-state index contributed by atoms with van der Waals surface area (Å²) in [6.45, 7) is 1.11. The number of pyridine rings is 1. The molecule has 182 valence electrons. The predicted molar refractivity (Wildman–Crippen MR) is 140 cm³/mol. The number of aliphatic imine (C=N–C) groups is 1. The van der Waals surface area contributed by atoms with Crippen LogP contribution in [-0.4, -0.2) is 37.0 Å². The van der Waals surface area contributed by atoms with Gasteiger partial charge in [0, 0.05) is 47.2 Å². The van der Waals surface area contributed by atoms with Crippen molar-refractivity contribution in [3.63, 3.8) is 0 Å². The number of fused-ring (bicyclic) bond motifs is 1. The first-order chi connectivity index (χ1) is 17.6. The first-order valence-electron chi connectivity index (χ1n) is 11.2. The van der Waals surface area contributed by atoms with Gasteiger partial charge in [-0.3, -0.25) is 9.98 Å². The summed E-state index contributed by atoms with van der Waals surface area (Å²) in [6.07, 6.45) is 5.31. The van der Waals surface area contributed by atoms with Crippen molar-refractivity contribution in [2.75, 3.05) is 20.9 Å². The molecule has 0 radical (unpaired) electrons. The molecule has 0 fully saturated rings. The Kier molecular flexibility index (Phi) is 6.73. The normalized spacial score (nSPS) is 13.0. The summed E-state index contributed by atoms with van der Waals surface area (Å²) in [5.41, 5.74) is 3.13. The van der Waals surface area contributed by atoms with Crippen LogP contribution in [0, 0.1) is 5.82 Å². The summed E-state index contributed by atoms with van der Waals surface area (Å²) in [7, 11) is 3.11. The molecule has 1 aliphatic heterocycles. The van der Waals surface area contributed by atoms with Gasteiger partial charge in [-0.1, -0.05) is 35.9 Å². The van der Waals surface area contributed by atoms with E-state index in [0.717, 1.165) is 11.1 Å². The van der Waals surface area contributed by atoms with Crippen molar-refractivity contribution in [3.8, 4) is 23.0 Å². The molecule has 0 unspecified atom stereocenters. The Balaban J connectivity index is 1.40. The van der Waals surface area contributed by atoms with Crippen LogP contribution < -0.4 is 14.2 Å².